The smallest absolute Gasteiger partial charge is 0.381 e. The van der Waals surface area contributed by atoms with Crippen molar-refractivity contribution < 1.29 is 30.5 Å². The SMILES string of the molecule is CC(C1=C(OS(=O)(=O)C(F)(F)F)CC1)N(C)C1CCCO1. The van der Waals surface area contributed by atoms with Crippen molar-refractivity contribution in [3.05, 3.63) is 11.3 Å². The van der Waals surface area contributed by atoms with Crippen LogP contribution in [-0.4, -0.2) is 44.8 Å². The van der Waals surface area contributed by atoms with E-state index < -0.39 is 15.6 Å². The zero-order chi connectivity index (χ0) is 15.8. The molecule has 1 saturated heterocycles. The number of likely N-dealkylation sites (N-methyl/N-ethyl adjacent to an activating group) is 1. The third-order valence-electron chi connectivity index (χ3n) is 3.95. The van der Waals surface area contributed by atoms with Gasteiger partial charge in [0.25, 0.3) is 0 Å². The van der Waals surface area contributed by atoms with Gasteiger partial charge in [-0.05, 0) is 38.8 Å². The van der Waals surface area contributed by atoms with Crippen molar-refractivity contribution in [3.8, 4) is 0 Å². The summed E-state index contributed by atoms with van der Waals surface area (Å²) in [5.41, 5.74) is -4.81. The van der Waals surface area contributed by atoms with Crippen LogP contribution in [0.5, 0.6) is 0 Å². The van der Waals surface area contributed by atoms with E-state index in [-0.39, 0.29) is 24.4 Å². The lowest BCUT2D eigenvalue weighted by Crippen LogP contribution is -2.41. The zero-order valence-corrected chi connectivity index (χ0v) is 12.6. The van der Waals surface area contributed by atoms with E-state index in [1.54, 1.807) is 6.92 Å². The van der Waals surface area contributed by atoms with Gasteiger partial charge in [-0.3, -0.25) is 4.90 Å². The van der Waals surface area contributed by atoms with Crippen LogP contribution in [0.25, 0.3) is 0 Å². The molecule has 1 fully saturated rings. The molecule has 0 saturated carbocycles. The summed E-state index contributed by atoms with van der Waals surface area (Å²) in [7, 11) is -3.77. The number of hydrogen-bond acceptors (Lipinski definition) is 5. The molecule has 1 heterocycles. The Labute approximate surface area is 121 Å². The molecular formula is C12H18F3NO4S. The number of alkyl halides is 3. The van der Waals surface area contributed by atoms with Crippen molar-refractivity contribution in [1.29, 1.82) is 0 Å². The number of halogens is 3. The van der Waals surface area contributed by atoms with Crippen LogP contribution in [0.1, 0.15) is 32.6 Å². The molecule has 122 valence electrons. The molecule has 0 bridgehead atoms. The van der Waals surface area contributed by atoms with E-state index >= 15 is 0 Å². The third kappa shape index (κ3) is 3.35. The number of ether oxygens (including phenoxy) is 1. The molecule has 0 aromatic rings. The Bertz CT molecular complexity index is 523. The highest BCUT2D eigenvalue weighted by Gasteiger charge is 2.49. The molecule has 2 unspecified atom stereocenters. The molecule has 1 aliphatic heterocycles. The maximum Gasteiger partial charge on any atom is 0.534 e. The predicted octanol–water partition coefficient (Wildman–Crippen LogP) is 2.36. The number of rotatable bonds is 5. The van der Waals surface area contributed by atoms with Crippen LogP contribution in [-0.2, 0) is 19.0 Å². The summed E-state index contributed by atoms with van der Waals surface area (Å²) in [5, 5.41) is 0. The lowest BCUT2D eigenvalue weighted by Gasteiger charge is -2.36. The van der Waals surface area contributed by atoms with E-state index in [4.69, 9.17) is 4.74 Å². The van der Waals surface area contributed by atoms with Gasteiger partial charge < -0.3 is 8.92 Å². The van der Waals surface area contributed by atoms with Gasteiger partial charge in [0.15, 0.2) is 0 Å². The molecule has 2 rings (SSSR count). The van der Waals surface area contributed by atoms with Gasteiger partial charge >= 0.3 is 15.6 Å². The molecule has 0 radical (unpaired) electrons. The molecule has 0 N–H and O–H groups in total. The van der Waals surface area contributed by atoms with E-state index in [1.807, 2.05) is 11.9 Å². The average molecular weight is 329 g/mol. The summed E-state index contributed by atoms with van der Waals surface area (Å²) in [6.45, 7) is 2.46. The van der Waals surface area contributed by atoms with Crippen LogP contribution < -0.4 is 0 Å². The first kappa shape index (κ1) is 16.6. The Morgan fingerprint density at radius 3 is 2.48 bits per heavy atom. The summed E-state index contributed by atoms with van der Waals surface area (Å²) in [5.74, 6) is -0.0929. The first-order chi connectivity index (χ1) is 9.63. The Hall–Kier alpha value is -0.800. The molecule has 0 amide bonds. The highest BCUT2D eigenvalue weighted by molar-refractivity contribution is 7.87. The quantitative estimate of drug-likeness (QED) is 0.572. The molecule has 9 heteroatoms. The first-order valence-corrected chi connectivity index (χ1v) is 8.10. The number of hydrogen-bond donors (Lipinski definition) is 0. The molecular weight excluding hydrogens is 311 g/mol. The molecule has 21 heavy (non-hydrogen) atoms. The molecule has 2 atom stereocenters. The summed E-state index contributed by atoms with van der Waals surface area (Å²) >= 11 is 0. The van der Waals surface area contributed by atoms with Gasteiger partial charge in [0.2, 0.25) is 0 Å². The van der Waals surface area contributed by atoms with Gasteiger partial charge in [0.1, 0.15) is 12.0 Å². The highest BCUT2D eigenvalue weighted by atomic mass is 32.2. The number of allylic oxidation sites excluding steroid dienone is 1. The van der Waals surface area contributed by atoms with Crippen LogP contribution in [0.4, 0.5) is 13.2 Å². The fourth-order valence-corrected chi connectivity index (χ4v) is 3.01. The maximum absolute atomic E-state index is 12.3. The topological polar surface area (TPSA) is 55.8 Å². The fraction of sp³-hybridized carbons (Fsp3) is 0.833. The minimum Gasteiger partial charge on any atom is -0.381 e. The molecule has 1 aliphatic carbocycles. The van der Waals surface area contributed by atoms with Crippen LogP contribution in [0, 0.1) is 0 Å². The molecule has 2 aliphatic rings. The van der Waals surface area contributed by atoms with Crippen LogP contribution in [0.2, 0.25) is 0 Å². The summed E-state index contributed by atoms with van der Waals surface area (Å²) < 4.78 is 68.8. The lowest BCUT2D eigenvalue weighted by atomic mass is 9.90. The minimum atomic E-state index is -5.58. The molecule has 0 aromatic carbocycles. The van der Waals surface area contributed by atoms with Crippen LogP contribution in [0.15, 0.2) is 11.3 Å². The Morgan fingerprint density at radius 1 is 1.38 bits per heavy atom. The Morgan fingerprint density at radius 2 is 2.05 bits per heavy atom. The fourth-order valence-electron chi connectivity index (χ4n) is 2.47. The van der Waals surface area contributed by atoms with Crippen molar-refractivity contribution in [2.45, 2.75) is 50.4 Å². The minimum absolute atomic E-state index is 0.0893. The van der Waals surface area contributed by atoms with Gasteiger partial charge in [-0.1, -0.05) is 0 Å². The van der Waals surface area contributed by atoms with Crippen LogP contribution in [0.3, 0.4) is 0 Å². The normalized spacial score (nSPS) is 25.1. The van der Waals surface area contributed by atoms with Crippen molar-refractivity contribution in [2.24, 2.45) is 0 Å². The molecule has 5 nitrogen and oxygen atoms in total. The van der Waals surface area contributed by atoms with E-state index in [0.29, 0.717) is 18.6 Å². The zero-order valence-electron chi connectivity index (χ0n) is 11.8. The van der Waals surface area contributed by atoms with Crippen molar-refractivity contribution in [3.63, 3.8) is 0 Å². The number of nitrogens with zero attached hydrogens (tertiary/aromatic N) is 1. The average Bonchev–Trinajstić information content (AvgIpc) is 2.86. The second-order valence-corrected chi connectivity index (χ2v) is 6.78. The first-order valence-electron chi connectivity index (χ1n) is 6.69. The van der Waals surface area contributed by atoms with Crippen molar-refractivity contribution in [2.75, 3.05) is 13.7 Å². The predicted molar refractivity (Wildman–Crippen MR) is 68.5 cm³/mol. The lowest BCUT2D eigenvalue weighted by molar-refractivity contribution is -0.0530. The molecule has 0 aromatic heterocycles. The second-order valence-electron chi connectivity index (χ2n) is 5.24. The van der Waals surface area contributed by atoms with E-state index in [1.165, 1.54) is 0 Å². The van der Waals surface area contributed by atoms with E-state index in [9.17, 15) is 21.6 Å². The third-order valence-corrected chi connectivity index (χ3v) is 4.94. The summed E-state index contributed by atoms with van der Waals surface area (Å²) in [6, 6.07) is -0.222. The van der Waals surface area contributed by atoms with Gasteiger partial charge in [0, 0.05) is 19.1 Å². The standard InChI is InChI=1S/C12H18F3NO4S/c1-8(16(2)11-4-3-7-19-11)9-5-6-10(9)20-21(17,18)12(13,14)15/h8,11H,3-7H2,1-2H3. The van der Waals surface area contributed by atoms with Crippen molar-refractivity contribution >= 4 is 10.1 Å². The van der Waals surface area contributed by atoms with Gasteiger partial charge in [0.05, 0.1) is 0 Å². The van der Waals surface area contributed by atoms with Crippen LogP contribution >= 0.6 is 0 Å². The van der Waals surface area contributed by atoms with Crippen molar-refractivity contribution in [1.82, 2.24) is 4.90 Å². The second kappa shape index (κ2) is 5.77. The molecule has 0 spiro atoms. The summed E-state index contributed by atoms with van der Waals surface area (Å²) in [4.78, 5) is 1.89. The highest BCUT2D eigenvalue weighted by Crippen LogP contribution is 2.38. The largest absolute Gasteiger partial charge is 0.534 e. The maximum atomic E-state index is 12.3. The Kier molecular flexibility index (Phi) is 4.55. The van der Waals surface area contributed by atoms with E-state index in [2.05, 4.69) is 4.18 Å². The van der Waals surface area contributed by atoms with Gasteiger partial charge in [-0.25, -0.2) is 0 Å². The monoisotopic (exact) mass is 329 g/mol. The van der Waals surface area contributed by atoms with E-state index in [0.717, 1.165) is 12.8 Å². The van der Waals surface area contributed by atoms with Gasteiger partial charge in [-0.2, -0.15) is 21.6 Å². The Balaban J connectivity index is 2.09. The van der Waals surface area contributed by atoms with Gasteiger partial charge in [-0.15, -0.1) is 0 Å². The summed E-state index contributed by atoms with van der Waals surface area (Å²) in [6.07, 6.45) is 2.43.